The van der Waals surface area contributed by atoms with E-state index >= 15 is 0 Å². The van der Waals surface area contributed by atoms with Gasteiger partial charge >= 0.3 is 5.69 Å². The SMILES string of the molecule is [N-]=[N+]=NOC1C[C@@H](n2cc(Br)c(=O)[nH]c2=O)O[C@H]1CO. The largest absolute Gasteiger partial charge is 0.427 e. The molecule has 0 saturated carbocycles. The molecule has 0 spiro atoms. The minimum Gasteiger partial charge on any atom is -0.427 e. The lowest BCUT2D eigenvalue weighted by atomic mass is 10.2. The molecule has 10 nitrogen and oxygen atoms in total. The molecule has 1 saturated heterocycles. The van der Waals surface area contributed by atoms with Gasteiger partial charge in [-0.25, -0.2) is 4.79 Å². The quantitative estimate of drug-likeness (QED) is 0.346. The standard InChI is InChI=1S/C9H10BrN5O5/c10-4-2-15(9(18)12-8(4)17)7-1-5(20-14-13-11)6(3-16)19-7/h2,5-7,16H,1,3H2,(H,12,17,18)/t5?,6-,7-/m0/s1. The molecule has 20 heavy (non-hydrogen) atoms. The Labute approximate surface area is 119 Å². The lowest BCUT2D eigenvalue weighted by Crippen LogP contribution is -2.32. The summed E-state index contributed by atoms with van der Waals surface area (Å²) in [4.78, 5) is 32.4. The molecule has 2 rings (SSSR count). The summed E-state index contributed by atoms with van der Waals surface area (Å²) in [6.45, 7) is -0.360. The lowest BCUT2D eigenvalue weighted by molar-refractivity contribution is -0.0626. The number of halogens is 1. The molecule has 0 aliphatic carbocycles. The first-order chi connectivity index (χ1) is 9.56. The lowest BCUT2D eigenvalue weighted by Gasteiger charge is -2.14. The van der Waals surface area contributed by atoms with Gasteiger partial charge in [-0.05, 0) is 21.5 Å². The van der Waals surface area contributed by atoms with Crippen LogP contribution in [0.3, 0.4) is 0 Å². The van der Waals surface area contributed by atoms with E-state index in [1.165, 1.54) is 6.20 Å². The van der Waals surface area contributed by atoms with Crippen LogP contribution in [0.5, 0.6) is 0 Å². The summed E-state index contributed by atoms with van der Waals surface area (Å²) in [5.74, 6) is 0. The highest BCUT2D eigenvalue weighted by atomic mass is 79.9. The highest BCUT2D eigenvalue weighted by Crippen LogP contribution is 2.30. The molecule has 11 heteroatoms. The van der Waals surface area contributed by atoms with E-state index in [-0.39, 0.29) is 17.5 Å². The van der Waals surface area contributed by atoms with Gasteiger partial charge in [0.2, 0.25) is 0 Å². The second-order valence-corrected chi connectivity index (χ2v) is 4.86. The van der Waals surface area contributed by atoms with E-state index in [1.54, 1.807) is 0 Å². The predicted molar refractivity (Wildman–Crippen MR) is 68.7 cm³/mol. The van der Waals surface area contributed by atoms with Crippen LogP contribution >= 0.6 is 15.9 Å². The minimum atomic E-state index is -0.744. The zero-order valence-corrected chi connectivity index (χ0v) is 11.6. The molecule has 1 aromatic rings. The molecule has 1 fully saturated rings. The third-order valence-electron chi connectivity index (χ3n) is 2.81. The van der Waals surface area contributed by atoms with Crippen LogP contribution in [0.15, 0.2) is 25.5 Å². The van der Waals surface area contributed by atoms with Gasteiger partial charge in [0, 0.05) is 17.5 Å². The molecule has 108 valence electrons. The number of hydrogen-bond donors (Lipinski definition) is 2. The number of aliphatic hydroxyl groups excluding tert-OH is 1. The van der Waals surface area contributed by atoms with Gasteiger partial charge in [-0.3, -0.25) is 14.3 Å². The van der Waals surface area contributed by atoms with E-state index in [9.17, 15) is 14.7 Å². The fraction of sp³-hybridized carbons (Fsp3) is 0.556. The summed E-state index contributed by atoms with van der Waals surface area (Å²) in [6, 6.07) is 0. The Hall–Kier alpha value is -1.81. The zero-order valence-electron chi connectivity index (χ0n) is 9.97. The molecule has 1 unspecified atom stereocenters. The second kappa shape index (κ2) is 6.09. The van der Waals surface area contributed by atoms with Crippen molar-refractivity contribution < 1.29 is 14.7 Å². The first-order valence-electron chi connectivity index (χ1n) is 5.54. The van der Waals surface area contributed by atoms with Crippen molar-refractivity contribution in [2.75, 3.05) is 6.61 Å². The Morgan fingerprint density at radius 3 is 3.10 bits per heavy atom. The van der Waals surface area contributed by atoms with Crippen LogP contribution in [0.4, 0.5) is 0 Å². The molecule has 1 aromatic heterocycles. The number of azide groups is 1. The van der Waals surface area contributed by atoms with Gasteiger partial charge in [0.15, 0.2) is 0 Å². The fourth-order valence-electron chi connectivity index (χ4n) is 1.90. The average molecular weight is 348 g/mol. The number of aliphatic hydroxyl groups is 1. The van der Waals surface area contributed by atoms with Crippen molar-refractivity contribution in [1.82, 2.24) is 9.55 Å². The second-order valence-electron chi connectivity index (χ2n) is 4.01. The highest BCUT2D eigenvalue weighted by molar-refractivity contribution is 9.10. The Morgan fingerprint density at radius 2 is 2.45 bits per heavy atom. The maximum atomic E-state index is 11.7. The first kappa shape index (κ1) is 14.6. The summed E-state index contributed by atoms with van der Waals surface area (Å²) in [7, 11) is 0. The Balaban J connectivity index is 2.27. The molecule has 1 aliphatic rings. The number of ether oxygens (including phenoxy) is 1. The molecular weight excluding hydrogens is 338 g/mol. The van der Waals surface area contributed by atoms with Crippen LogP contribution < -0.4 is 11.2 Å². The Morgan fingerprint density at radius 1 is 1.70 bits per heavy atom. The topological polar surface area (TPSA) is 142 Å². The van der Waals surface area contributed by atoms with Gasteiger partial charge in [0.25, 0.3) is 5.56 Å². The summed E-state index contributed by atoms with van der Waals surface area (Å²) < 4.78 is 6.77. The van der Waals surface area contributed by atoms with E-state index < -0.39 is 29.7 Å². The van der Waals surface area contributed by atoms with Crippen molar-refractivity contribution in [3.8, 4) is 0 Å². The van der Waals surface area contributed by atoms with Crippen molar-refractivity contribution in [3.05, 3.63) is 42.0 Å². The number of aromatic amines is 1. The average Bonchev–Trinajstić information content (AvgIpc) is 2.83. The van der Waals surface area contributed by atoms with Crippen molar-refractivity contribution in [1.29, 1.82) is 0 Å². The molecule has 1 aliphatic heterocycles. The maximum Gasteiger partial charge on any atom is 0.330 e. The number of aromatic nitrogens is 2. The number of rotatable bonds is 4. The van der Waals surface area contributed by atoms with E-state index in [2.05, 4.69) is 31.1 Å². The van der Waals surface area contributed by atoms with Gasteiger partial charge in [-0.1, -0.05) is 0 Å². The van der Waals surface area contributed by atoms with E-state index in [1.807, 2.05) is 0 Å². The van der Waals surface area contributed by atoms with Gasteiger partial charge in [-0.15, -0.1) is 0 Å². The smallest absolute Gasteiger partial charge is 0.330 e. The van der Waals surface area contributed by atoms with Crippen molar-refractivity contribution in [3.63, 3.8) is 0 Å². The molecule has 2 heterocycles. The first-order valence-corrected chi connectivity index (χ1v) is 6.33. The van der Waals surface area contributed by atoms with Crippen molar-refractivity contribution in [2.45, 2.75) is 24.9 Å². The monoisotopic (exact) mass is 347 g/mol. The van der Waals surface area contributed by atoms with Crippen molar-refractivity contribution >= 4 is 15.9 Å². The zero-order chi connectivity index (χ0) is 14.7. The summed E-state index contributed by atoms with van der Waals surface area (Å²) >= 11 is 3.01. The van der Waals surface area contributed by atoms with Gasteiger partial charge in [0.1, 0.15) is 23.7 Å². The molecule has 0 amide bonds. The number of nitrogens with zero attached hydrogens (tertiary/aromatic N) is 4. The van der Waals surface area contributed by atoms with Crippen LogP contribution in [0.2, 0.25) is 0 Å². The van der Waals surface area contributed by atoms with Crippen LogP contribution in [-0.4, -0.2) is 33.5 Å². The molecule has 3 atom stereocenters. The number of hydrogen-bond acceptors (Lipinski definition) is 6. The Bertz CT molecular complexity index is 651. The Kier molecular flexibility index (Phi) is 4.45. The van der Waals surface area contributed by atoms with E-state index in [0.29, 0.717) is 0 Å². The fourth-order valence-corrected chi connectivity index (χ4v) is 2.22. The number of H-pyrrole nitrogens is 1. The molecule has 0 bridgehead atoms. The maximum absolute atomic E-state index is 11.7. The van der Waals surface area contributed by atoms with Gasteiger partial charge in [-0.2, -0.15) is 0 Å². The third-order valence-corrected chi connectivity index (χ3v) is 3.38. The predicted octanol–water partition coefficient (Wildman–Crippen LogP) is 0.189. The van der Waals surface area contributed by atoms with Crippen LogP contribution in [0.1, 0.15) is 12.6 Å². The third kappa shape index (κ3) is 2.85. The van der Waals surface area contributed by atoms with Gasteiger partial charge in [0.05, 0.1) is 11.1 Å². The number of nitrogens with one attached hydrogen (secondary N) is 1. The molecule has 0 radical (unpaired) electrons. The minimum absolute atomic E-state index is 0.167. The molecule has 0 aromatic carbocycles. The summed E-state index contributed by atoms with van der Waals surface area (Å²) in [5, 5.41) is 12.1. The normalized spacial score (nSPS) is 25.2. The summed E-state index contributed by atoms with van der Waals surface area (Å²) in [5.41, 5.74) is 7.01. The van der Waals surface area contributed by atoms with Crippen molar-refractivity contribution in [2.24, 2.45) is 5.28 Å². The molecule has 2 N–H and O–H groups in total. The van der Waals surface area contributed by atoms with Crippen LogP contribution in [-0.2, 0) is 9.57 Å². The van der Waals surface area contributed by atoms with Crippen LogP contribution in [0.25, 0.3) is 10.4 Å². The van der Waals surface area contributed by atoms with Crippen LogP contribution in [0, 0.1) is 0 Å². The molecular formula is C9H10BrN5O5. The summed E-state index contributed by atoms with van der Waals surface area (Å²) in [6.07, 6.45) is -0.688. The highest BCUT2D eigenvalue weighted by Gasteiger charge is 2.37. The van der Waals surface area contributed by atoms with Gasteiger partial charge < -0.3 is 14.7 Å². The van der Waals surface area contributed by atoms with E-state index in [0.717, 1.165) is 4.57 Å². The van der Waals surface area contributed by atoms with E-state index in [4.69, 9.17) is 15.1 Å².